The number of hydrogen-bond acceptors (Lipinski definition) is 6. The Hall–Kier alpha value is -3.39. The number of anilines is 2. The number of carbonyl (C=O) groups is 3. The van der Waals surface area contributed by atoms with Gasteiger partial charge in [-0.25, -0.2) is 0 Å². The third-order valence-corrected chi connectivity index (χ3v) is 7.24. The predicted molar refractivity (Wildman–Crippen MR) is 116 cm³/mol. The lowest BCUT2D eigenvalue weighted by atomic mass is 9.78. The van der Waals surface area contributed by atoms with Crippen molar-refractivity contribution in [2.45, 2.75) is 37.8 Å². The minimum Gasteiger partial charge on any atom is -0.454 e. The average Bonchev–Trinajstić information content (AvgIpc) is 3.52. The van der Waals surface area contributed by atoms with E-state index in [1.54, 1.807) is 12.1 Å². The maximum atomic E-state index is 13.7. The third kappa shape index (κ3) is 2.50. The highest BCUT2D eigenvalue weighted by Gasteiger charge is 2.65. The second-order valence-corrected chi connectivity index (χ2v) is 8.84. The number of hydrogen-bond donors (Lipinski definition) is 2. The minimum absolute atomic E-state index is 0.0728. The van der Waals surface area contributed by atoms with E-state index in [1.807, 2.05) is 24.3 Å². The largest absolute Gasteiger partial charge is 0.454 e. The van der Waals surface area contributed by atoms with Crippen LogP contribution in [-0.2, 0) is 15.1 Å². The molecule has 0 saturated carbocycles. The molecule has 2 aromatic carbocycles. The first kappa shape index (κ1) is 19.3. The first-order chi connectivity index (χ1) is 15.5. The topological polar surface area (TPSA) is 97.0 Å². The van der Waals surface area contributed by atoms with E-state index in [0.717, 1.165) is 30.6 Å². The molecule has 2 saturated heterocycles. The molecule has 4 aliphatic rings. The van der Waals surface area contributed by atoms with E-state index >= 15 is 0 Å². The molecule has 0 bridgehead atoms. The summed E-state index contributed by atoms with van der Waals surface area (Å²) in [6, 6.07) is 11.0. The molecule has 164 valence electrons. The van der Waals surface area contributed by atoms with Crippen LogP contribution in [0.15, 0.2) is 36.4 Å². The fourth-order valence-corrected chi connectivity index (χ4v) is 5.94. The van der Waals surface area contributed by atoms with Crippen LogP contribution in [0, 0.1) is 5.92 Å². The number of para-hydroxylation sites is 1. The molecule has 8 nitrogen and oxygen atoms in total. The lowest BCUT2D eigenvalue weighted by Gasteiger charge is -2.36. The highest BCUT2D eigenvalue weighted by atomic mass is 16.7. The van der Waals surface area contributed by atoms with Crippen molar-refractivity contribution in [2.75, 3.05) is 24.0 Å². The zero-order chi connectivity index (χ0) is 22.0. The molecule has 1 spiro atoms. The van der Waals surface area contributed by atoms with Crippen molar-refractivity contribution in [1.82, 2.24) is 4.90 Å². The zero-order valence-electron chi connectivity index (χ0n) is 17.6. The van der Waals surface area contributed by atoms with Gasteiger partial charge in [0.2, 0.25) is 18.6 Å². The summed E-state index contributed by atoms with van der Waals surface area (Å²) >= 11 is 0. The Kier molecular flexibility index (Phi) is 4.10. The van der Waals surface area contributed by atoms with Crippen LogP contribution in [0.3, 0.4) is 0 Å². The molecule has 2 fully saturated rings. The minimum atomic E-state index is -1.03. The zero-order valence-corrected chi connectivity index (χ0v) is 17.6. The summed E-state index contributed by atoms with van der Waals surface area (Å²) in [5.74, 6) is -0.231. The highest BCUT2D eigenvalue weighted by molar-refractivity contribution is 6.12. The fourth-order valence-electron chi connectivity index (χ4n) is 5.94. The van der Waals surface area contributed by atoms with Crippen molar-refractivity contribution in [3.63, 3.8) is 0 Å². The van der Waals surface area contributed by atoms with Crippen LogP contribution < -0.4 is 20.1 Å². The smallest absolute Gasteiger partial charge is 0.250 e. The number of Topliss-reactive ketones (excluding diaryl/α,β-unsaturated/α-hetero) is 1. The first-order valence-corrected chi connectivity index (χ1v) is 10.9. The Labute approximate surface area is 184 Å². The van der Waals surface area contributed by atoms with Gasteiger partial charge in [0.15, 0.2) is 17.3 Å². The van der Waals surface area contributed by atoms with Gasteiger partial charge in [0.05, 0.1) is 11.6 Å². The van der Waals surface area contributed by atoms with E-state index in [0.29, 0.717) is 29.2 Å². The van der Waals surface area contributed by atoms with Gasteiger partial charge in [0, 0.05) is 28.9 Å². The Morgan fingerprint density at radius 2 is 1.97 bits per heavy atom. The molecule has 4 aliphatic heterocycles. The number of benzene rings is 2. The van der Waals surface area contributed by atoms with Crippen molar-refractivity contribution in [3.05, 3.63) is 47.5 Å². The van der Waals surface area contributed by atoms with E-state index in [4.69, 9.17) is 9.47 Å². The normalized spacial score (nSPS) is 27.3. The van der Waals surface area contributed by atoms with Crippen LogP contribution >= 0.6 is 0 Å². The van der Waals surface area contributed by atoms with Crippen molar-refractivity contribution < 1.29 is 23.9 Å². The molecule has 0 radical (unpaired) electrons. The molecule has 3 atom stereocenters. The first-order valence-electron chi connectivity index (χ1n) is 10.9. The monoisotopic (exact) mass is 433 g/mol. The highest BCUT2D eigenvalue weighted by Crippen LogP contribution is 2.55. The van der Waals surface area contributed by atoms with Crippen LogP contribution in [0.25, 0.3) is 0 Å². The van der Waals surface area contributed by atoms with Crippen molar-refractivity contribution in [1.29, 1.82) is 0 Å². The van der Waals surface area contributed by atoms with Gasteiger partial charge in [-0.15, -0.1) is 0 Å². The van der Waals surface area contributed by atoms with Gasteiger partial charge >= 0.3 is 0 Å². The van der Waals surface area contributed by atoms with Gasteiger partial charge in [-0.2, -0.15) is 0 Å². The number of ether oxygens (including phenoxy) is 2. The van der Waals surface area contributed by atoms with E-state index in [2.05, 4.69) is 15.5 Å². The number of ketones is 1. The Balaban J connectivity index is 1.42. The maximum Gasteiger partial charge on any atom is 0.250 e. The second-order valence-electron chi connectivity index (χ2n) is 8.84. The van der Waals surface area contributed by atoms with Crippen LogP contribution in [0.1, 0.15) is 42.1 Å². The molecule has 2 aromatic rings. The predicted octanol–water partition coefficient (Wildman–Crippen LogP) is 2.89. The summed E-state index contributed by atoms with van der Waals surface area (Å²) in [4.78, 5) is 41.7. The SMILES string of the molecule is CC(=O)c1cc2c(cc1NC(=O)[C@@H]1C[C@@H]3CCCN3[C@@]13C(=O)Nc1ccccc13)OCO2. The van der Waals surface area contributed by atoms with E-state index < -0.39 is 11.5 Å². The molecule has 2 N–H and O–H groups in total. The molecule has 0 aliphatic carbocycles. The molecule has 32 heavy (non-hydrogen) atoms. The lowest BCUT2D eigenvalue weighted by Crippen LogP contribution is -2.53. The van der Waals surface area contributed by atoms with Crippen molar-refractivity contribution >= 4 is 29.0 Å². The van der Waals surface area contributed by atoms with Crippen molar-refractivity contribution in [2.24, 2.45) is 5.92 Å². The summed E-state index contributed by atoms with van der Waals surface area (Å²) in [5.41, 5.74) is 1.31. The average molecular weight is 433 g/mol. The maximum absolute atomic E-state index is 13.7. The Morgan fingerprint density at radius 1 is 1.19 bits per heavy atom. The summed E-state index contributed by atoms with van der Waals surface area (Å²) in [6.45, 7) is 2.29. The fraction of sp³-hybridized carbons (Fsp3) is 0.375. The number of amides is 2. The summed E-state index contributed by atoms with van der Waals surface area (Å²) in [7, 11) is 0. The van der Waals surface area contributed by atoms with Gasteiger partial charge in [-0.1, -0.05) is 18.2 Å². The molecular formula is C24H23N3O5. The van der Waals surface area contributed by atoms with Crippen LogP contribution in [0.5, 0.6) is 11.5 Å². The number of carbonyl (C=O) groups excluding carboxylic acids is 3. The molecule has 2 amide bonds. The number of rotatable bonds is 3. The Morgan fingerprint density at radius 3 is 2.78 bits per heavy atom. The summed E-state index contributed by atoms with van der Waals surface area (Å²) in [6.07, 6.45) is 2.56. The van der Waals surface area contributed by atoms with Crippen molar-refractivity contribution in [3.8, 4) is 11.5 Å². The van der Waals surface area contributed by atoms with E-state index in [9.17, 15) is 14.4 Å². The quantitative estimate of drug-likeness (QED) is 0.723. The summed E-state index contributed by atoms with van der Waals surface area (Å²) in [5, 5.41) is 5.96. The Bertz CT molecular complexity index is 1180. The molecule has 4 heterocycles. The van der Waals surface area contributed by atoms with Gasteiger partial charge < -0.3 is 20.1 Å². The number of nitrogens with zero attached hydrogens (tertiary/aromatic N) is 1. The third-order valence-electron chi connectivity index (χ3n) is 7.24. The molecule has 8 heteroatoms. The molecule has 0 unspecified atom stereocenters. The molecular weight excluding hydrogens is 410 g/mol. The standard InChI is InChI=1S/C24H23N3O5/c1-13(28)15-10-20-21(32-12-31-20)11-19(15)25-22(29)17-9-14-5-4-8-27(14)24(17)16-6-2-3-7-18(16)26-23(24)30/h2-3,6-7,10-11,14,17H,4-5,8-9,12H2,1H3,(H,25,29)(H,26,30)/t14-,17-,24+/m0/s1. The molecule has 6 rings (SSSR count). The van der Waals surface area contributed by atoms with Gasteiger partial charge in [0.1, 0.15) is 5.54 Å². The van der Waals surface area contributed by atoms with Gasteiger partial charge in [-0.3, -0.25) is 19.3 Å². The van der Waals surface area contributed by atoms with E-state index in [-0.39, 0.29) is 30.4 Å². The van der Waals surface area contributed by atoms with E-state index in [1.165, 1.54) is 6.92 Å². The van der Waals surface area contributed by atoms with Crippen LogP contribution in [0.2, 0.25) is 0 Å². The second kappa shape index (κ2) is 6.80. The van der Waals surface area contributed by atoms with Crippen LogP contribution in [0.4, 0.5) is 11.4 Å². The summed E-state index contributed by atoms with van der Waals surface area (Å²) < 4.78 is 10.8. The number of fused-ring (bicyclic) bond motifs is 5. The van der Waals surface area contributed by atoms with Crippen LogP contribution in [-0.4, -0.2) is 41.9 Å². The van der Waals surface area contributed by atoms with Gasteiger partial charge in [0.25, 0.3) is 0 Å². The lowest BCUT2D eigenvalue weighted by molar-refractivity contribution is -0.135. The molecule has 0 aromatic heterocycles. The van der Waals surface area contributed by atoms with Gasteiger partial charge in [-0.05, 0) is 44.9 Å². The number of nitrogens with one attached hydrogen (secondary N) is 2.